The number of aliphatic hydroxyl groups excluding tert-OH is 1. The quantitative estimate of drug-likeness (QED) is 0.455. The number of hydrogen-bond donors (Lipinski definition) is 1. The van der Waals surface area contributed by atoms with Crippen LogP contribution in [0.15, 0.2) is 23.3 Å². The number of carbonyl (C=O) groups is 1. The van der Waals surface area contributed by atoms with Crippen LogP contribution in [0.4, 0.5) is 0 Å². The molecule has 124 valence electrons. The summed E-state index contributed by atoms with van der Waals surface area (Å²) in [4.78, 5) is 10.7. The van der Waals surface area contributed by atoms with Crippen LogP contribution in [0.5, 0.6) is 0 Å². The van der Waals surface area contributed by atoms with Crippen LogP contribution in [-0.2, 0) is 4.79 Å². The van der Waals surface area contributed by atoms with Crippen molar-refractivity contribution in [2.24, 2.45) is 22.7 Å². The van der Waals surface area contributed by atoms with E-state index in [-0.39, 0.29) is 5.41 Å². The van der Waals surface area contributed by atoms with Crippen LogP contribution in [0.25, 0.3) is 0 Å². The molecular formula is C20H32O2. The van der Waals surface area contributed by atoms with E-state index in [9.17, 15) is 9.90 Å². The topological polar surface area (TPSA) is 37.3 Å². The minimum absolute atomic E-state index is 0.162. The molecule has 1 fully saturated rings. The SMILES string of the molecule is CC1=CCC[C@@H]2[C@@](C)(CC/C(C)=C\C=O)[C@H](CO)CC[C@@]12C. The highest BCUT2D eigenvalue weighted by molar-refractivity contribution is 5.65. The molecule has 1 N–H and O–H groups in total. The molecule has 2 aliphatic rings. The Balaban J connectivity index is 2.29. The number of rotatable bonds is 5. The third kappa shape index (κ3) is 2.95. The summed E-state index contributed by atoms with van der Waals surface area (Å²) in [6.45, 7) is 9.46. The predicted octanol–water partition coefficient (Wildman–Crippen LogP) is 4.68. The molecule has 0 aliphatic heterocycles. The second-order valence-electron chi connectivity index (χ2n) is 8.01. The summed E-state index contributed by atoms with van der Waals surface area (Å²) in [5, 5.41) is 9.95. The summed E-state index contributed by atoms with van der Waals surface area (Å²) in [5.74, 6) is 1.03. The Morgan fingerprint density at radius 1 is 1.41 bits per heavy atom. The van der Waals surface area contributed by atoms with Crippen molar-refractivity contribution in [1.82, 2.24) is 0 Å². The van der Waals surface area contributed by atoms with E-state index in [2.05, 4.69) is 26.8 Å². The highest BCUT2D eigenvalue weighted by Gasteiger charge is 2.53. The van der Waals surface area contributed by atoms with Gasteiger partial charge in [-0.05, 0) is 81.1 Å². The highest BCUT2D eigenvalue weighted by atomic mass is 16.3. The molecular weight excluding hydrogens is 272 g/mol. The number of fused-ring (bicyclic) bond motifs is 1. The molecule has 2 rings (SSSR count). The van der Waals surface area contributed by atoms with Crippen molar-refractivity contribution in [1.29, 1.82) is 0 Å². The first kappa shape index (κ1) is 17.5. The first-order valence-corrected chi connectivity index (χ1v) is 8.77. The maximum Gasteiger partial charge on any atom is 0.142 e. The fourth-order valence-electron chi connectivity index (χ4n) is 5.15. The lowest BCUT2D eigenvalue weighted by atomic mass is 9.46. The van der Waals surface area contributed by atoms with E-state index in [1.54, 1.807) is 11.6 Å². The summed E-state index contributed by atoms with van der Waals surface area (Å²) in [7, 11) is 0. The van der Waals surface area contributed by atoms with Gasteiger partial charge in [0.15, 0.2) is 0 Å². The first-order valence-electron chi connectivity index (χ1n) is 8.77. The molecule has 0 saturated heterocycles. The molecule has 0 spiro atoms. The van der Waals surface area contributed by atoms with E-state index in [1.807, 2.05) is 6.92 Å². The Kier molecular flexibility index (Phi) is 5.32. The number of allylic oxidation sites excluding steroid dienone is 4. The van der Waals surface area contributed by atoms with E-state index in [1.165, 1.54) is 19.3 Å². The maximum absolute atomic E-state index is 10.7. The van der Waals surface area contributed by atoms with Gasteiger partial charge in [0.2, 0.25) is 0 Å². The second-order valence-corrected chi connectivity index (χ2v) is 8.01. The van der Waals surface area contributed by atoms with Gasteiger partial charge in [-0.3, -0.25) is 4.79 Å². The van der Waals surface area contributed by atoms with E-state index in [0.717, 1.165) is 31.1 Å². The van der Waals surface area contributed by atoms with Gasteiger partial charge in [-0.25, -0.2) is 0 Å². The lowest BCUT2D eigenvalue weighted by Gasteiger charge is -2.58. The number of carbonyl (C=O) groups excluding carboxylic acids is 1. The largest absolute Gasteiger partial charge is 0.396 e. The molecule has 2 aliphatic carbocycles. The van der Waals surface area contributed by atoms with Crippen LogP contribution in [-0.4, -0.2) is 18.0 Å². The summed E-state index contributed by atoms with van der Waals surface area (Å²) in [5.41, 5.74) is 3.16. The van der Waals surface area contributed by atoms with Crippen molar-refractivity contribution in [3.05, 3.63) is 23.3 Å². The van der Waals surface area contributed by atoms with Gasteiger partial charge >= 0.3 is 0 Å². The number of aldehydes is 1. The number of hydrogen-bond acceptors (Lipinski definition) is 2. The first-order chi connectivity index (χ1) is 10.4. The van der Waals surface area contributed by atoms with Gasteiger partial charge in [-0.1, -0.05) is 31.1 Å². The van der Waals surface area contributed by atoms with Crippen molar-refractivity contribution >= 4 is 6.29 Å². The fraction of sp³-hybridized carbons (Fsp3) is 0.750. The van der Waals surface area contributed by atoms with E-state index in [0.29, 0.717) is 23.9 Å². The Labute approximate surface area is 135 Å². The summed E-state index contributed by atoms with van der Waals surface area (Å²) >= 11 is 0. The van der Waals surface area contributed by atoms with E-state index >= 15 is 0 Å². The van der Waals surface area contributed by atoms with Gasteiger partial charge in [0.25, 0.3) is 0 Å². The lowest BCUT2D eigenvalue weighted by molar-refractivity contribution is -0.104. The van der Waals surface area contributed by atoms with E-state index < -0.39 is 0 Å². The third-order valence-corrected chi connectivity index (χ3v) is 6.95. The average Bonchev–Trinajstić information content (AvgIpc) is 2.48. The lowest BCUT2D eigenvalue weighted by Crippen LogP contribution is -2.51. The maximum atomic E-state index is 10.7. The van der Waals surface area contributed by atoms with Crippen LogP contribution in [0, 0.1) is 22.7 Å². The second kappa shape index (κ2) is 6.70. The van der Waals surface area contributed by atoms with Crippen molar-refractivity contribution in [2.75, 3.05) is 6.61 Å². The molecule has 4 atom stereocenters. The average molecular weight is 304 g/mol. The monoisotopic (exact) mass is 304 g/mol. The zero-order valence-corrected chi connectivity index (χ0v) is 14.7. The van der Waals surface area contributed by atoms with Gasteiger partial charge < -0.3 is 5.11 Å². The van der Waals surface area contributed by atoms with Crippen molar-refractivity contribution < 1.29 is 9.90 Å². The van der Waals surface area contributed by atoms with Gasteiger partial charge in [0.05, 0.1) is 0 Å². The van der Waals surface area contributed by atoms with Crippen LogP contribution in [0.2, 0.25) is 0 Å². The molecule has 0 bridgehead atoms. The Morgan fingerprint density at radius 3 is 2.77 bits per heavy atom. The molecule has 2 nitrogen and oxygen atoms in total. The molecule has 0 heterocycles. The Hall–Kier alpha value is -0.890. The molecule has 0 aromatic carbocycles. The smallest absolute Gasteiger partial charge is 0.142 e. The van der Waals surface area contributed by atoms with Crippen molar-refractivity contribution in [2.45, 2.75) is 66.2 Å². The van der Waals surface area contributed by atoms with Crippen LogP contribution in [0.3, 0.4) is 0 Å². The summed E-state index contributed by atoms with van der Waals surface area (Å²) in [6.07, 6.45) is 11.7. The van der Waals surface area contributed by atoms with Gasteiger partial charge in [-0.2, -0.15) is 0 Å². The van der Waals surface area contributed by atoms with Crippen LogP contribution >= 0.6 is 0 Å². The molecule has 0 radical (unpaired) electrons. The number of aliphatic hydroxyl groups is 1. The molecule has 22 heavy (non-hydrogen) atoms. The molecule has 0 unspecified atom stereocenters. The minimum Gasteiger partial charge on any atom is -0.396 e. The third-order valence-electron chi connectivity index (χ3n) is 6.95. The van der Waals surface area contributed by atoms with Gasteiger partial charge in [0.1, 0.15) is 6.29 Å². The summed E-state index contributed by atoms with van der Waals surface area (Å²) < 4.78 is 0. The van der Waals surface area contributed by atoms with Gasteiger partial charge in [-0.15, -0.1) is 0 Å². The van der Waals surface area contributed by atoms with E-state index in [4.69, 9.17) is 0 Å². The predicted molar refractivity (Wildman–Crippen MR) is 91.6 cm³/mol. The van der Waals surface area contributed by atoms with Gasteiger partial charge in [0, 0.05) is 6.61 Å². The normalized spacial score (nSPS) is 39.1. The Bertz CT molecular complexity index is 476. The zero-order valence-electron chi connectivity index (χ0n) is 14.7. The standard InChI is InChI=1S/C20H32O2/c1-15(10-13-21)8-11-20(4)17(14-22)9-12-19(3)16(2)6-5-7-18(19)20/h6,10,13,17-18,22H,5,7-9,11-12,14H2,1-4H3/b15-10-/t17-,18-,19-,20-/m0/s1. The fourth-order valence-corrected chi connectivity index (χ4v) is 5.15. The zero-order chi connectivity index (χ0) is 16.4. The highest BCUT2D eigenvalue weighted by Crippen LogP contribution is 2.61. The minimum atomic E-state index is 0.162. The van der Waals surface area contributed by atoms with Crippen molar-refractivity contribution in [3.8, 4) is 0 Å². The molecule has 0 aromatic heterocycles. The molecule has 1 saturated carbocycles. The molecule has 0 aromatic rings. The Morgan fingerprint density at radius 2 is 2.14 bits per heavy atom. The summed E-state index contributed by atoms with van der Waals surface area (Å²) in [6, 6.07) is 0. The van der Waals surface area contributed by atoms with Crippen molar-refractivity contribution in [3.63, 3.8) is 0 Å². The molecule has 2 heteroatoms. The van der Waals surface area contributed by atoms with Crippen LogP contribution in [0.1, 0.15) is 66.2 Å². The van der Waals surface area contributed by atoms with Crippen LogP contribution < -0.4 is 0 Å². The molecule has 0 amide bonds.